The van der Waals surface area contributed by atoms with Gasteiger partial charge in [-0.05, 0) is 133 Å². The maximum Gasteiger partial charge on any atom is 0.316 e. The van der Waals surface area contributed by atoms with Crippen LogP contribution in [0.1, 0.15) is 242 Å². The van der Waals surface area contributed by atoms with Gasteiger partial charge in [0.25, 0.3) is 0 Å². The highest BCUT2D eigenvalue weighted by Gasteiger charge is 2.42. The lowest BCUT2D eigenvalue weighted by atomic mass is 9.94. The van der Waals surface area contributed by atoms with Gasteiger partial charge in [0.05, 0.1) is 0 Å². The molecule has 3 aromatic rings. The van der Waals surface area contributed by atoms with Gasteiger partial charge in [0.1, 0.15) is 0 Å². The van der Waals surface area contributed by atoms with Gasteiger partial charge in [0, 0.05) is 21.1 Å². The first-order valence-electron chi connectivity index (χ1n) is 25.8. The summed E-state index contributed by atoms with van der Waals surface area (Å²) in [4.78, 5) is 18.5. The fraction of sp³-hybridized carbons (Fsp3) is 0.667. The van der Waals surface area contributed by atoms with E-state index in [1.165, 1.54) is 202 Å². The van der Waals surface area contributed by atoms with Crippen LogP contribution in [0.25, 0.3) is 0 Å². The number of hydrogen-bond acceptors (Lipinski definition) is 2. The lowest BCUT2D eigenvalue weighted by Crippen LogP contribution is -2.20. The zero-order valence-corrected chi connectivity index (χ0v) is 41.2. The number of carbonyl (C=O) groups excluding carboxylic acids is 1. The van der Waals surface area contributed by atoms with Crippen LogP contribution < -0.4 is 0 Å². The van der Waals surface area contributed by atoms with E-state index >= 15 is 0 Å². The fourth-order valence-corrected chi connectivity index (χ4v) is 13.2. The number of aryl methyl sites for hydroxylation is 6. The van der Waals surface area contributed by atoms with Crippen molar-refractivity contribution in [2.45, 2.75) is 262 Å². The molecule has 0 amide bonds. The smallest absolute Gasteiger partial charge is 0.316 e. The number of benzene rings is 3. The van der Waals surface area contributed by atoms with E-state index in [0.29, 0.717) is 6.42 Å². The molecule has 0 fully saturated rings. The minimum absolute atomic E-state index is 0.0659. The van der Waals surface area contributed by atoms with Crippen LogP contribution in [0.2, 0.25) is 0 Å². The van der Waals surface area contributed by atoms with E-state index in [0.717, 1.165) is 38.5 Å². The van der Waals surface area contributed by atoms with Crippen LogP contribution in [0.3, 0.4) is 0 Å². The largest absolute Gasteiger partial charge is 0.402 e. The molecule has 0 heterocycles. The Hall–Kier alpha value is -2.52. The van der Waals surface area contributed by atoms with Crippen LogP contribution in [0.4, 0.5) is 0 Å². The predicted molar refractivity (Wildman–Crippen MR) is 265 cm³/mol. The van der Waals surface area contributed by atoms with E-state index in [4.69, 9.17) is 4.18 Å². The van der Waals surface area contributed by atoms with Gasteiger partial charge in [-0.1, -0.05) is 207 Å². The first kappa shape index (κ1) is 51.8. The van der Waals surface area contributed by atoms with E-state index in [9.17, 15) is 4.79 Å². The summed E-state index contributed by atoms with van der Waals surface area (Å²) < 4.78 is 7.57. The predicted octanol–water partition coefficient (Wildman–Crippen LogP) is 18.6. The van der Waals surface area contributed by atoms with Gasteiger partial charge in [-0.15, -0.1) is 0 Å². The Morgan fingerprint density at radius 2 is 0.700 bits per heavy atom. The van der Waals surface area contributed by atoms with Crippen LogP contribution in [0, 0.1) is 0 Å². The van der Waals surface area contributed by atoms with Crippen molar-refractivity contribution in [2.75, 3.05) is 0 Å². The summed E-state index contributed by atoms with van der Waals surface area (Å²) in [6.07, 6.45) is 36.6. The summed E-state index contributed by atoms with van der Waals surface area (Å²) in [6, 6.07) is 21.7. The standard InChI is InChI=1S/C57H92O2S/c1-8-15-21-28-36-48-44-50(38-30-23-17-10-3)56(51(45-48)39-31-24-18-11-4)60(59-55(58)14-7,54-42-34-27-35-43-54)57-52(40-32-25-19-12-5)46-49(37-29-22-16-9-2)47-53(57)41-33-26-20-13-6/h27,34-35,42-47H,8-26,28-33,36-41H2,1-7H3. The monoisotopic (exact) mass is 841 g/mol. The number of rotatable bonds is 35. The second-order valence-corrected chi connectivity index (χ2v) is 20.6. The molecule has 0 aromatic heterocycles. The number of unbranched alkanes of at least 4 members (excludes halogenated alkanes) is 18. The molecule has 60 heavy (non-hydrogen) atoms. The third-order valence-corrected chi connectivity index (χ3v) is 16.2. The Kier molecular flexibility index (Phi) is 27.1. The van der Waals surface area contributed by atoms with E-state index < -0.39 is 10.3 Å². The molecule has 3 rings (SSSR count). The molecule has 338 valence electrons. The van der Waals surface area contributed by atoms with Crippen molar-refractivity contribution < 1.29 is 8.98 Å². The second kappa shape index (κ2) is 31.3. The van der Waals surface area contributed by atoms with Crippen molar-refractivity contribution in [1.29, 1.82) is 0 Å². The summed E-state index contributed by atoms with van der Waals surface area (Å²) in [7, 11) is -2.48. The molecule has 0 aliphatic carbocycles. The van der Waals surface area contributed by atoms with Crippen molar-refractivity contribution in [2.24, 2.45) is 0 Å². The minimum atomic E-state index is -2.48. The topological polar surface area (TPSA) is 26.3 Å². The van der Waals surface area contributed by atoms with Crippen molar-refractivity contribution in [3.63, 3.8) is 0 Å². The number of carbonyl (C=O) groups is 1. The normalized spacial score (nSPS) is 12.0. The molecule has 0 N–H and O–H groups in total. The Morgan fingerprint density at radius 3 is 0.983 bits per heavy atom. The van der Waals surface area contributed by atoms with Crippen LogP contribution in [0.15, 0.2) is 69.3 Å². The van der Waals surface area contributed by atoms with Gasteiger partial charge in [0.15, 0.2) is 0 Å². The molecule has 3 aromatic carbocycles. The molecule has 0 bridgehead atoms. The first-order valence-corrected chi connectivity index (χ1v) is 27.4. The summed E-state index contributed by atoms with van der Waals surface area (Å²) in [5, 5.41) is 0. The maximum atomic E-state index is 14.5. The molecule has 0 aliphatic heterocycles. The third kappa shape index (κ3) is 17.0. The first-order chi connectivity index (χ1) is 29.4. The third-order valence-electron chi connectivity index (χ3n) is 12.6. The van der Waals surface area contributed by atoms with E-state index in [1.54, 1.807) is 0 Å². The Labute approximate surface area is 373 Å². The van der Waals surface area contributed by atoms with Crippen LogP contribution in [-0.2, 0) is 47.5 Å². The highest BCUT2D eigenvalue weighted by atomic mass is 32.3. The Morgan fingerprint density at radius 1 is 0.400 bits per heavy atom. The van der Waals surface area contributed by atoms with Crippen LogP contribution in [-0.4, -0.2) is 5.97 Å². The van der Waals surface area contributed by atoms with Crippen LogP contribution in [0.5, 0.6) is 0 Å². The lowest BCUT2D eigenvalue weighted by Gasteiger charge is -2.45. The molecule has 0 spiro atoms. The summed E-state index contributed by atoms with van der Waals surface area (Å²) >= 11 is 0. The zero-order chi connectivity index (χ0) is 43.3. The van der Waals surface area contributed by atoms with E-state index in [1.807, 2.05) is 6.92 Å². The van der Waals surface area contributed by atoms with Crippen molar-refractivity contribution in [1.82, 2.24) is 0 Å². The molecule has 0 saturated heterocycles. The van der Waals surface area contributed by atoms with Crippen molar-refractivity contribution >= 4 is 16.3 Å². The average Bonchev–Trinajstić information content (AvgIpc) is 3.26. The molecular formula is C57H92O2S. The van der Waals surface area contributed by atoms with Gasteiger partial charge in [-0.2, -0.15) is 0 Å². The molecule has 0 unspecified atom stereocenters. The Bertz CT molecular complexity index is 1420. The molecule has 3 heteroatoms. The maximum absolute atomic E-state index is 14.5. The van der Waals surface area contributed by atoms with Gasteiger partial charge in [-0.3, -0.25) is 4.79 Å². The molecule has 0 aliphatic rings. The number of hydrogen-bond donors (Lipinski definition) is 0. The molecule has 0 saturated carbocycles. The minimum Gasteiger partial charge on any atom is -0.402 e. The molecule has 0 atom stereocenters. The average molecular weight is 841 g/mol. The summed E-state index contributed by atoms with van der Waals surface area (Å²) in [5.74, 6) is -0.0659. The molecular weight excluding hydrogens is 749 g/mol. The van der Waals surface area contributed by atoms with Gasteiger partial charge in [0.2, 0.25) is 0 Å². The van der Waals surface area contributed by atoms with Crippen molar-refractivity contribution in [3.8, 4) is 0 Å². The molecule has 2 nitrogen and oxygen atoms in total. The van der Waals surface area contributed by atoms with Gasteiger partial charge >= 0.3 is 5.97 Å². The van der Waals surface area contributed by atoms with E-state index in [-0.39, 0.29) is 5.97 Å². The quantitative estimate of drug-likeness (QED) is 0.0552. The zero-order valence-electron chi connectivity index (χ0n) is 40.3. The summed E-state index contributed by atoms with van der Waals surface area (Å²) in [6.45, 7) is 15.9. The SMILES string of the molecule is CCCCCCc1cc(CCCCCC)c(S(OC(=O)CC)(c2ccccc2)c2c(CCCCCC)cc(CCCCCC)cc2CCCCCC)c(CCCCCC)c1. The van der Waals surface area contributed by atoms with Gasteiger partial charge < -0.3 is 4.18 Å². The van der Waals surface area contributed by atoms with Crippen molar-refractivity contribution in [3.05, 3.63) is 88.0 Å². The highest BCUT2D eigenvalue weighted by Crippen LogP contribution is 2.73. The van der Waals surface area contributed by atoms with E-state index in [2.05, 4.69) is 96.1 Å². The molecule has 0 radical (unpaired) electrons. The summed E-state index contributed by atoms with van der Waals surface area (Å²) in [5.41, 5.74) is 8.84. The second-order valence-electron chi connectivity index (χ2n) is 18.0. The Balaban J connectivity index is 2.59. The fourth-order valence-electron chi connectivity index (χ4n) is 9.18. The lowest BCUT2D eigenvalue weighted by molar-refractivity contribution is -0.133. The highest BCUT2D eigenvalue weighted by molar-refractivity contribution is 8.30. The van der Waals surface area contributed by atoms with Gasteiger partial charge in [-0.25, -0.2) is 0 Å². The van der Waals surface area contributed by atoms with Crippen LogP contribution >= 0.6 is 10.3 Å².